The molecule has 0 unspecified atom stereocenters. The van der Waals surface area contributed by atoms with E-state index in [0.717, 1.165) is 31.6 Å². The highest BCUT2D eigenvalue weighted by molar-refractivity contribution is 5.93. The summed E-state index contributed by atoms with van der Waals surface area (Å²) in [7, 11) is 0. The monoisotopic (exact) mass is 313 g/mol. The van der Waals surface area contributed by atoms with Crippen molar-refractivity contribution in [2.75, 3.05) is 18.4 Å². The molecule has 0 bridgehead atoms. The van der Waals surface area contributed by atoms with Gasteiger partial charge in [0.1, 0.15) is 11.5 Å². The third-order valence-corrected chi connectivity index (χ3v) is 4.16. The Bertz CT molecular complexity index is 696. The summed E-state index contributed by atoms with van der Waals surface area (Å²) < 4.78 is 13.2. The molecule has 1 aliphatic rings. The van der Waals surface area contributed by atoms with E-state index in [2.05, 4.69) is 17.2 Å². The molecule has 2 heterocycles. The Morgan fingerprint density at radius 1 is 1.22 bits per heavy atom. The first-order valence-electron chi connectivity index (χ1n) is 7.90. The minimum atomic E-state index is -0.303. The van der Waals surface area contributed by atoms with Crippen LogP contribution >= 0.6 is 0 Å². The molecule has 0 atom stereocenters. The second kappa shape index (κ2) is 6.77. The van der Waals surface area contributed by atoms with E-state index < -0.39 is 0 Å². The summed E-state index contributed by atoms with van der Waals surface area (Å²) >= 11 is 0. The minimum Gasteiger partial charge on any atom is -0.355 e. The number of carbonyl (C=O) groups excluding carboxylic acids is 1. The SMILES string of the molecule is CC1CCN(C(=O)c2cc(Nc3cccc(F)c3)ccn2)CC1. The lowest BCUT2D eigenvalue weighted by molar-refractivity contribution is 0.0691. The molecule has 0 aliphatic carbocycles. The van der Waals surface area contributed by atoms with Crippen LogP contribution in [0.3, 0.4) is 0 Å². The molecule has 1 N–H and O–H groups in total. The molecule has 3 rings (SSSR count). The molecule has 1 aliphatic heterocycles. The molecule has 1 saturated heterocycles. The highest BCUT2D eigenvalue weighted by atomic mass is 19.1. The Morgan fingerprint density at radius 3 is 2.70 bits per heavy atom. The van der Waals surface area contributed by atoms with E-state index in [-0.39, 0.29) is 11.7 Å². The van der Waals surface area contributed by atoms with Gasteiger partial charge in [0, 0.05) is 30.7 Å². The Hall–Kier alpha value is -2.43. The van der Waals surface area contributed by atoms with Crippen molar-refractivity contribution in [2.45, 2.75) is 19.8 Å². The van der Waals surface area contributed by atoms with Crippen LogP contribution in [0.15, 0.2) is 42.6 Å². The van der Waals surface area contributed by atoms with Gasteiger partial charge in [0.05, 0.1) is 0 Å². The number of hydrogen-bond acceptors (Lipinski definition) is 3. The number of halogens is 1. The number of benzene rings is 1. The third kappa shape index (κ3) is 3.86. The zero-order chi connectivity index (χ0) is 16.2. The molecular weight excluding hydrogens is 293 g/mol. The van der Waals surface area contributed by atoms with Crippen LogP contribution < -0.4 is 5.32 Å². The Kier molecular flexibility index (Phi) is 4.55. The molecular formula is C18H20FN3O. The highest BCUT2D eigenvalue weighted by Crippen LogP contribution is 2.20. The minimum absolute atomic E-state index is 0.0419. The van der Waals surface area contributed by atoms with E-state index in [1.807, 2.05) is 4.90 Å². The van der Waals surface area contributed by atoms with Gasteiger partial charge in [-0.2, -0.15) is 0 Å². The molecule has 5 heteroatoms. The van der Waals surface area contributed by atoms with Gasteiger partial charge in [-0.05, 0) is 49.1 Å². The molecule has 0 saturated carbocycles. The van der Waals surface area contributed by atoms with E-state index in [1.165, 1.54) is 12.1 Å². The van der Waals surface area contributed by atoms with Crippen LogP contribution in [0.2, 0.25) is 0 Å². The summed E-state index contributed by atoms with van der Waals surface area (Å²) in [6.07, 6.45) is 3.67. The van der Waals surface area contributed by atoms with Crippen molar-refractivity contribution in [1.82, 2.24) is 9.88 Å². The average Bonchev–Trinajstić information content (AvgIpc) is 2.55. The normalized spacial score (nSPS) is 15.5. The van der Waals surface area contributed by atoms with E-state index in [0.29, 0.717) is 17.3 Å². The standard InChI is InChI=1S/C18H20FN3O/c1-13-6-9-22(10-7-13)18(23)17-12-16(5-8-20-17)21-15-4-2-3-14(19)11-15/h2-5,8,11-13H,6-7,9-10H2,1H3,(H,20,21). The summed E-state index contributed by atoms with van der Waals surface area (Å²) in [5.41, 5.74) is 1.78. The van der Waals surface area contributed by atoms with Crippen LogP contribution in [0.4, 0.5) is 15.8 Å². The first-order chi connectivity index (χ1) is 11.1. The van der Waals surface area contributed by atoms with Gasteiger partial charge in [-0.15, -0.1) is 0 Å². The first-order valence-corrected chi connectivity index (χ1v) is 7.90. The fourth-order valence-corrected chi connectivity index (χ4v) is 2.73. The predicted molar refractivity (Wildman–Crippen MR) is 88.2 cm³/mol. The summed E-state index contributed by atoms with van der Waals surface area (Å²) in [6.45, 7) is 3.77. The number of amides is 1. The summed E-state index contributed by atoms with van der Waals surface area (Å²) in [6, 6.07) is 9.69. The molecule has 120 valence electrons. The van der Waals surface area contributed by atoms with Crippen LogP contribution in [-0.4, -0.2) is 28.9 Å². The largest absolute Gasteiger partial charge is 0.355 e. The Balaban J connectivity index is 1.73. The number of rotatable bonds is 3. The number of anilines is 2. The van der Waals surface area contributed by atoms with E-state index in [1.54, 1.807) is 30.5 Å². The summed E-state index contributed by atoms with van der Waals surface area (Å²) in [4.78, 5) is 18.6. The number of pyridine rings is 1. The topological polar surface area (TPSA) is 45.2 Å². The van der Waals surface area contributed by atoms with Crippen molar-refractivity contribution in [3.05, 3.63) is 54.1 Å². The lowest BCUT2D eigenvalue weighted by atomic mass is 9.99. The third-order valence-electron chi connectivity index (χ3n) is 4.16. The van der Waals surface area contributed by atoms with Crippen molar-refractivity contribution in [3.8, 4) is 0 Å². The van der Waals surface area contributed by atoms with Gasteiger partial charge < -0.3 is 10.2 Å². The zero-order valence-electron chi connectivity index (χ0n) is 13.1. The molecule has 2 aromatic rings. The summed E-state index contributed by atoms with van der Waals surface area (Å²) in [5, 5.41) is 3.10. The first kappa shape index (κ1) is 15.5. The smallest absolute Gasteiger partial charge is 0.272 e. The van der Waals surface area contributed by atoms with E-state index in [9.17, 15) is 9.18 Å². The van der Waals surface area contributed by atoms with Crippen molar-refractivity contribution in [3.63, 3.8) is 0 Å². The lowest BCUT2D eigenvalue weighted by Gasteiger charge is -2.30. The van der Waals surface area contributed by atoms with E-state index >= 15 is 0 Å². The van der Waals surface area contributed by atoms with Crippen LogP contribution in [-0.2, 0) is 0 Å². The quantitative estimate of drug-likeness (QED) is 0.936. The van der Waals surface area contributed by atoms with Gasteiger partial charge in [0.15, 0.2) is 0 Å². The van der Waals surface area contributed by atoms with Gasteiger partial charge in [-0.3, -0.25) is 9.78 Å². The second-order valence-corrected chi connectivity index (χ2v) is 6.04. The van der Waals surface area contributed by atoms with Gasteiger partial charge in [-0.25, -0.2) is 4.39 Å². The summed E-state index contributed by atoms with van der Waals surface area (Å²) in [5.74, 6) is 0.329. The molecule has 0 radical (unpaired) electrons. The molecule has 1 aromatic carbocycles. The fourth-order valence-electron chi connectivity index (χ4n) is 2.73. The fraction of sp³-hybridized carbons (Fsp3) is 0.333. The van der Waals surface area contributed by atoms with Gasteiger partial charge >= 0.3 is 0 Å². The maximum absolute atomic E-state index is 13.2. The number of piperidine rings is 1. The predicted octanol–water partition coefficient (Wildman–Crippen LogP) is 3.84. The average molecular weight is 313 g/mol. The molecule has 0 spiro atoms. The van der Waals surface area contributed by atoms with Crippen molar-refractivity contribution in [1.29, 1.82) is 0 Å². The van der Waals surface area contributed by atoms with Crippen molar-refractivity contribution >= 4 is 17.3 Å². The number of nitrogens with zero attached hydrogens (tertiary/aromatic N) is 2. The van der Waals surface area contributed by atoms with E-state index in [4.69, 9.17) is 0 Å². The Labute approximate surface area is 135 Å². The number of likely N-dealkylation sites (tertiary alicyclic amines) is 1. The second-order valence-electron chi connectivity index (χ2n) is 6.04. The number of carbonyl (C=O) groups is 1. The molecule has 4 nitrogen and oxygen atoms in total. The van der Waals surface area contributed by atoms with Gasteiger partial charge in [-0.1, -0.05) is 13.0 Å². The number of aromatic nitrogens is 1. The highest BCUT2D eigenvalue weighted by Gasteiger charge is 2.22. The number of hydrogen-bond donors (Lipinski definition) is 1. The maximum atomic E-state index is 13.2. The van der Waals surface area contributed by atoms with Crippen LogP contribution in [0, 0.1) is 11.7 Å². The van der Waals surface area contributed by atoms with Crippen LogP contribution in [0.1, 0.15) is 30.3 Å². The molecule has 1 amide bonds. The molecule has 1 fully saturated rings. The maximum Gasteiger partial charge on any atom is 0.272 e. The van der Waals surface area contributed by atoms with Crippen LogP contribution in [0.25, 0.3) is 0 Å². The van der Waals surface area contributed by atoms with Crippen molar-refractivity contribution in [2.24, 2.45) is 5.92 Å². The number of nitrogens with one attached hydrogen (secondary N) is 1. The molecule has 23 heavy (non-hydrogen) atoms. The zero-order valence-corrected chi connectivity index (χ0v) is 13.1. The Morgan fingerprint density at radius 2 is 1.96 bits per heavy atom. The van der Waals surface area contributed by atoms with Gasteiger partial charge in [0.2, 0.25) is 0 Å². The van der Waals surface area contributed by atoms with Crippen LogP contribution in [0.5, 0.6) is 0 Å². The van der Waals surface area contributed by atoms with Crippen molar-refractivity contribution < 1.29 is 9.18 Å². The van der Waals surface area contributed by atoms with Gasteiger partial charge in [0.25, 0.3) is 5.91 Å². The molecule has 1 aromatic heterocycles. The lowest BCUT2D eigenvalue weighted by Crippen LogP contribution is -2.38.